The van der Waals surface area contributed by atoms with Crippen molar-refractivity contribution in [3.8, 4) is 5.75 Å². The van der Waals surface area contributed by atoms with E-state index in [1.807, 2.05) is 23.1 Å². The van der Waals surface area contributed by atoms with Gasteiger partial charge in [-0.05, 0) is 54.7 Å². The van der Waals surface area contributed by atoms with Crippen molar-refractivity contribution in [2.75, 3.05) is 6.61 Å². The summed E-state index contributed by atoms with van der Waals surface area (Å²) >= 11 is 11.7. The van der Waals surface area contributed by atoms with Crippen molar-refractivity contribution in [1.82, 2.24) is 10.2 Å². The molecule has 0 aromatic heterocycles. The van der Waals surface area contributed by atoms with Gasteiger partial charge in [-0.3, -0.25) is 9.59 Å². The van der Waals surface area contributed by atoms with Crippen molar-refractivity contribution < 1.29 is 18.7 Å². The average Bonchev–Trinajstić information content (AvgIpc) is 3.07. The maximum Gasteiger partial charge on any atom is 0.258 e. The molecule has 5 nitrogen and oxygen atoms in total. The van der Waals surface area contributed by atoms with E-state index >= 15 is 0 Å². The molecule has 8 heteroatoms. The van der Waals surface area contributed by atoms with Gasteiger partial charge in [0.05, 0.1) is 10.4 Å². The fourth-order valence-electron chi connectivity index (χ4n) is 5.04. The second-order valence-electron chi connectivity index (χ2n) is 8.58. The lowest BCUT2D eigenvalue weighted by molar-refractivity contribution is -0.194. The standard InChI is InChI=1S/C22H19Cl2FN2O3/c23-15-2-1-13-7-27(8-14(13)5-15)20(29)21-10-22(11-21,12-21)26-19(28)9-30-16-3-4-17(24)18(25)6-16/h1-6H,7-12H2,(H,26,28). The largest absolute Gasteiger partial charge is 0.484 e. The van der Waals surface area contributed by atoms with Gasteiger partial charge in [-0.25, -0.2) is 4.39 Å². The molecule has 3 saturated carbocycles. The van der Waals surface area contributed by atoms with Crippen LogP contribution < -0.4 is 10.1 Å². The zero-order valence-corrected chi connectivity index (χ0v) is 17.5. The molecule has 2 aromatic carbocycles. The van der Waals surface area contributed by atoms with Crippen molar-refractivity contribution >= 4 is 35.0 Å². The summed E-state index contributed by atoms with van der Waals surface area (Å²) in [6.45, 7) is 0.977. The Labute approximate surface area is 183 Å². The number of ether oxygens (including phenoxy) is 1. The predicted molar refractivity (Wildman–Crippen MR) is 110 cm³/mol. The molecular formula is C22H19Cl2FN2O3. The number of fused-ring (bicyclic) bond motifs is 1. The van der Waals surface area contributed by atoms with Gasteiger partial charge < -0.3 is 15.0 Å². The minimum Gasteiger partial charge on any atom is -0.484 e. The molecule has 1 N–H and O–H groups in total. The molecule has 0 atom stereocenters. The van der Waals surface area contributed by atoms with Crippen molar-refractivity contribution in [2.45, 2.75) is 37.9 Å². The lowest BCUT2D eigenvalue weighted by Crippen LogP contribution is -2.78. The molecule has 3 fully saturated rings. The summed E-state index contributed by atoms with van der Waals surface area (Å²) in [5.74, 6) is -0.487. The van der Waals surface area contributed by atoms with Crippen LogP contribution in [0.2, 0.25) is 10.0 Å². The predicted octanol–water partition coefficient (Wildman–Crippen LogP) is 4.09. The zero-order valence-electron chi connectivity index (χ0n) is 16.0. The van der Waals surface area contributed by atoms with E-state index in [9.17, 15) is 14.0 Å². The van der Waals surface area contributed by atoms with Crippen LogP contribution in [0, 0.1) is 11.2 Å². The summed E-state index contributed by atoms with van der Waals surface area (Å²) in [5, 5.41) is 3.66. The van der Waals surface area contributed by atoms with Crippen molar-refractivity contribution in [2.24, 2.45) is 5.41 Å². The summed E-state index contributed by atoms with van der Waals surface area (Å²) < 4.78 is 18.8. The van der Waals surface area contributed by atoms with E-state index in [1.54, 1.807) is 0 Å². The topological polar surface area (TPSA) is 58.6 Å². The summed E-state index contributed by atoms with van der Waals surface area (Å²) in [4.78, 5) is 27.2. The molecule has 2 aromatic rings. The van der Waals surface area contributed by atoms with E-state index in [2.05, 4.69) is 5.32 Å². The SMILES string of the molecule is O=C(COc1ccc(Cl)c(F)c1)NC12CC(C(=O)N3Cc4ccc(Cl)cc4C3)(C1)C2. The highest BCUT2D eigenvalue weighted by atomic mass is 35.5. The van der Waals surface area contributed by atoms with Gasteiger partial charge in [-0.15, -0.1) is 0 Å². The first-order valence-electron chi connectivity index (χ1n) is 9.73. The number of halogens is 3. The van der Waals surface area contributed by atoms with Crippen molar-refractivity contribution in [3.05, 3.63) is 63.4 Å². The fraction of sp³-hybridized carbons (Fsp3) is 0.364. The molecule has 0 radical (unpaired) electrons. The average molecular weight is 449 g/mol. The molecule has 1 aliphatic heterocycles. The van der Waals surface area contributed by atoms with Crippen molar-refractivity contribution in [1.29, 1.82) is 0 Å². The minimum absolute atomic E-state index is 0.000158. The van der Waals surface area contributed by atoms with E-state index in [0.717, 1.165) is 17.2 Å². The quantitative estimate of drug-likeness (QED) is 0.748. The Morgan fingerprint density at radius 1 is 1.07 bits per heavy atom. The Bertz CT molecular complexity index is 1050. The van der Waals surface area contributed by atoms with Gasteiger partial charge in [0, 0.05) is 29.7 Å². The van der Waals surface area contributed by atoms with Crippen LogP contribution >= 0.6 is 23.2 Å². The molecule has 4 aliphatic rings. The molecule has 3 aliphatic carbocycles. The lowest BCUT2D eigenvalue weighted by atomic mass is 9.39. The number of amides is 2. The molecule has 1 heterocycles. The van der Waals surface area contributed by atoms with Crippen LogP contribution in [-0.2, 0) is 22.7 Å². The van der Waals surface area contributed by atoms with E-state index in [4.69, 9.17) is 27.9 Å². The maximum absolute atomic E-state index is 13.4. The molecule has 0 saturated heterocycles. The van der Waals surface area contributed by atoms with Gasteiger partial charge in [-0.2, -0.15) is 0 Å². The number of nitrogens with one attached hydrogen (secondary N) is 1. The van der Waals surface area contributed by atoms with Gasteiger partial charge >= 0.3 is 0 Å². The molecule has 2 bridgehead atoms. The Hall–Kier alpha value is -2.31. The minimum atomic E-state index is -0.596. The summed E-state index contributed by atoms with van der Waals surface area (Å²) in [7, 11) is 0. The number of hydrogen-bond donors (Lipinski definition) is 1. The fourth-order valence-corrected chi connectivity index (χ4v) is 5.35. The van der Waals surface area contributed by atoms with Crippen LogP contribution in [0.5, 0.6) is 5.75 Å². The monoisotopic (exact) mass is 448 g/mol. The van der Waals surface area contributed by atoms with Crippen molar-refractivity contribution in [3.63, 3.8) is 0 Å². The normalized spacial score (nSPS) is 25.8. The highest BCUT2D eigenvalue weighted by Gasteiger charge is 2.72. The Morgan fingerprint density at radius 2 is 1.80 bits per heavy atom. The Morgan fingerprint density at radius 3 is 2.53 bits per heavy atom. The number of hydrogen-bond acceptors (Lipinski definition) is 3. The number of benzene rings is 2. The second-order valence-corrected chi connectivity index (χ2v) is 9.42. The molecule has 6 rings (SSSR count). The first-order valence-corrected chi connectivity index (χ1v) is 10.5. The molecule has 0 unspecified atom stereocenters. The maximum atomic E-state index is 13.4. The summed E-state index contributed by atoms with van der Waals surface area (Å²) in [6, 6.07) is 9.77. The smallest absolute Gasteiger partial charge is 0.258 e. The highest BCUT2D eigenvalue weighted by molar-refractivity contribution is 6.31. The summed E-state index contributed by atoms with van der Waals surface area (Å²) in [6.07, 6.45) is 1.94. The molecule has 0 spiro atoms. The van der Waals surface area contributed by atoms with Crippen LogP contribution in [-0.4, -0.2) is 28.9 Å². The molecule has 2 amide bonds. The second kappa shape index (κ2) is 6.86. The Balaban J connectivity index is 1.12. The third-order valence-corrected chi connectivity index (χ3v) is 6.87. The first-order chi connectivity index (χ1) is 14.3. The van der Waals surface area contributed by atoms with Crippen LogP contribution in [0.15, 0.2) is 36.4 Å². The lowest BCUT2D eigenvalue weighted by Gasteiger charge is -2.69. The first kappa shape index (κ1) is 19.6. The van der Waals surface area contributed by atoms with Gasteiger partial charge in [0.25, 0.3) is 5.91 Å². The van der Waals surface area contributed by atoms with E-state index in [-0.39, 0.29) is 40.1 Å². The Kier molecular flexibility index (Phi) is 4.49. The zero-order chi connectivity index (χ0) is 21.1. The van der Waals surface area contributed by atoms with Crippen LogP contribution in [0.3, 0.4) is 0 Å². The van der Waals surface area contributed by atoms with Crippen LogP contribution in [0.1, 0.15) is 30.4 Å². The van der Waals surface area contributed by atoms with Gasteiger partial charge in [0.2, 0.25) is 5.91 Å². The summed E-state index contributed by atoms with van der Waals surface area (Å²) in [5.41, 5.74) is 1.55. The molecular weight excluding hydrogens is 430 g/mol. The van der Waals surface area contributed by atoms with Gasteiger partial charge in [-0.1, -0.05) is 29.3 Å². The molecule has 30 heavy (non-hydrogen) atoms. The number of rotatable bonds is 5. The number of carbonyl (C=O) groups excluding carboxylic acids is 2. The van der Waals surface area contributed by atoms with Gasteiger partial charge in [0.15, 0.2) is 6.61 Å². The van der Waals surface area contributed by atoms with E-state index in [0.29, 0.717) is 37.4 Å². The number of nitrogens with zero attached hydrogens (tertiary/aromatic N) is 1. The van der Waals surface area contributed by atoms with E-state index in [1.165, 1.54) is 12.1 Å². The molecule has 156 valence electrons. The number of carbonyl (C=O) groups is 2. The van der Waals surface area contributed by atoms with Crippen LogP contribution in [0.4, 0.5) is 4.39 Å². The highest BCUT2D eigenvalue weighted by Crippen LogP contribution is 2.68. The van der Waals surface area contributed by atoms with E-state index < -0.39 is 5.82 Å². The third-order valence-electron chi connectivity index (χ3n) is 6.33. The van der Waals surface area contributed by atoms with Crippen LogP contribution in [0.25, 0.3) is 0 Å². The van der Waals surface area contributed by atoms with Gasteiger partial charge in [0.1, 0.15) is 11.6 Å². The third kappa shape index (κ3) is 3.22.